The highest BCUT2D eigenvalue weighted by Gasteiger charge is 2.12. The van der Waals surface area contributed by atoms with Crippen molar-refractivity contribution in [2.75, 3.05) is 0 Å². The van der Waals surface area contributed by atoms with Gasteiger partial charge in [-0.15, -0.1) is 0 Å². The second-order valence-electron chi connectivity index (χ2n) is 4.59. The fraction of sp³-hybridized carbons (Fsp3) is 0.133. The summed E-state index contributed by atoms with van der Waals surface area (Å²) in [5, 5.41) is 17.8. The number of aromatic nitrogens is 1. The molecule has 1 heterocycles. The number of aryl methyl sites for hydroxylation is 1. The van der Waals surface area contributed by atoms with E-state index >= 15 is 0 Å². The molecule has 6 heteroatoms. The Bertz CT molecular complexity index is 759. The van der Waals surface area contributed by atoms with Crippen LogP contribution in [-0.2, 0) is 6.54 Å². The van der Waals surface area contributed by atoms with Crippen molar-refractivity contribution in [3.05, 3.63) is 69.1 Å². The average molecular weight is 287 g/mol. The summed E-state index contributed by atoms with van der Waals surface area (Å²) in [5.41, 5.74) is 0.634. The molecule has 0 aliphatic rings. The van der Waals surface area contributed by atoms with E-state index in [1.807, 2.05) is 0 Å². The summed E-state index contributed by atoms with van der Waals surface area (Å²) in [6, 6.07) is 8.93. The smallest absolute Gasteiger partial charge is 0.341 e. The van der Waals surface area contributed by atoms with Gasteiger partial charge in [0.1, 0.15) is 5.56 Å². The lowest BCUT2D eigenvalue weighted by molar-refractivity contribution is 0.0684. The number of carboxylic acids is 2. The molecule has 0 aliphatic heterocycles. The van der Waals surface area contributed by atoms with Gasteiger partial charge in [-0.05, 0) is 36.8 Å². The fourth-order valence-corrected chi connectivity index (χ4v) is 1.97. The first-order valence-electron chi connectivity index (χ1n) is 6.16. The van der Waals surface area contributed by atoms with E-state index in [0.29, 0.717) is 11.3 Å². The van der Waals surface area contributed by atoms with Crippen molar-refractivity contribution in [3.8, 4) is 0 Å². The minimum absolute atomic E-state index is 0.155. The van der Waals surface area contributed by atoms with Crippen molar-refractivity contribution in [2.45, 2.75) is 13.5 Å². The number of carboxylic acid groups (broad SMARTS) is 2. The molecule has 21 heavy (non-hydrogen) atoms. The number of hydrogen-bond donors (Lipinski definition) is 2. The van der Waals surface area contributed by atoms with Crippen LogP contribution in [0.2, 0.25) is 0 Å². The molecule has 0 bridgehead atoms. The number of rotatable bonds is 4. The molecule has 0 amide bonds. The molecule has 108 valence electrons. The number of pyridine rings is 1. The van der Waals surface area contributed by atoms with Gasteiger partial charge in [-0.3, -0.25) is 4.79 Å². The lowest BCUT2D eigenvalue weighted by Crippen LogP contribution is -2.28. The Morgan fingerprint density at radius 3 is 2.14 bits per heavy atom. The van der Waals surface area contributed by atoms with Crippen LogP contribution in [0.4, 0.5) is 0 Å². The van der Waals surface area contributed by atoms with Crippen molar-refractivity contribution < 1.29 is 19.8 Å². The van der Waals surface area contributed by atoms with Gasteiger partial charge in [-0.2, -0.15) is 0 Å². The Morgan fingerprint density at radius 2 is 1.62 bits per heavy atom. The maximum absolute atomic E-state index is 12.1. The zero-order valence-corrected chi connectivity index (χ0v) is 11.2. The highest BCUT2D eigenvalue weighted by atomic mass is 16.4. The van der Waals surface area contributed by atoms with Gasteiger partial charge in [0.2, 0.25) is 0 Å². The number of benzene rings is 1. The van der Waals surface area contributed by atoms with Gasteiger partial charge in [0.05, 0.1) is 12.1 Å². The highest BCUT2D eigenvalue weighted by Crippen LogP contribution is 2.08. The lowest BCUT2D eigenvalue weighted by Gasteiger charge is -2.11. The van der Waals surface area contributed by atoms with Gasteiger partial charge < -0.3 is 14.8 Å². The average Bonchev–Trinajstić information content (AvgIpc) is 2.43. The topological polar surface area (TPSA) is 96.6 Å². The molecule has 0 saturated carbocycles. The summed E-state index contributed by atoms with van der Waals surface area (Å²) in [6.45, 7) is 1.89. The first-order valence-corrected chi connectivity index (χ1v) is 6.16. The minimum atomic E-state index is -1.27. The first kappa shape index (κ1) is 14.5. The number of hydrogen-bond acceptors (Lipinski definition) is 3. The van der Waals surface area contributed by atoms with E-state index < -0.39 is 17.5 Å². The molecule has 6 nitrogen and oxygen atoms in total. The molecule has 0 aliphatic carbocycles. The van der Waals surface area contributed by atoms with E-state index in [0.717, 1.165) is 0 Å². The van der Waals surface area contributed by atoms with E-state index in [-0.39, 0.29) is 17.7 Å². The quantitative estimate of drug-likeness (QED) is 0.890. The number of carbonyl (C=O) groups is 2. The predicted octanol–water partition coefficient (Wildman–Crippen LogP) is 1.60. The molecule has 2 rings (SSSR count). The van der Waals surface area contributed by atoms with Crippen LogP contribution in [0, 0.1) is 6.92 Å². The Kier molecular flexibility index (Phi) is 3.89. The Hall–Kier alpha value is -2.89. The normalized spacial score (nSPS) is 10.3. The van der Waals surface area contributed by atoms with Crippen LogP contribution in [0.15, 0.2) is 41.2 Å². The molecule has 2 N–H and O–H groups in total. The Balaban J connectivity index is 2.39. The van der Waals surface area contributed by atoms with E-state index in [9.17, 15) is 14.4 Å². The van der Waals surface area contributed by atoms with Gasteiger partial charge >= 0.3 is 11.9 Å². The predicted molar refractivity (Wildman–Crippen MR) is 74.9 cm³/mol. The number of aromatic carboxylic acids is 2. The van der Waals surface area contributed by atoms with Crippen LogP contribution in [0.3, 0.4) is 0 Å². The highest BCUT2D eigenvalue weighted by molar-refractivity contribution is 5.87. The second-order valence-corrected chi connectivity index (χ2v) is 4.59. The number of nitrogens with zero attached hydrogens (tertiary/aromatic N) is 1. The van der Waals surface area contributed by atoms with Crippen molar-refractivity contribution >= 4 is 11.9 Å². The van der Waals surface area contributed by atoms with Crippen LogP contribution in [0.1, 0.15) is 32.0 Å². The van der Waals surface area contributed by atoms with E-state index in [2.05, 4.69) is 0 Å². The van der Waals surface area contributed by atoms with Crippen LogP contribution in [-0.4, -0.2) is 26.7 Å². The second kappa shape index (κ2) is 5.62. The van der Waals surface area contributed by atoms with Crippen LogP contribution in [0.5, 0.6) is 0 Å². The van der Waals surface area contributed by atoms with Crippen LogP contribution < -0.4 is 5.56 Å². The molecule has 2 aromatic rings. The fourth-order valence-electron chi connectivity index (χ4n) is 1.97. The van der Waals surface area contributed by atoms with Crippen molar-refractivity contribution in [3.63, 3.8) is 0 Å². The third kappa shape index (κ3) is 3.00. The minimum Gasteiger partial charge on any atom is -0.478 e. The van der Waals surface area contributed by atoms with E-state index in [4.69, 9.17) is 10.2 Å². The monoisotopic (exact) mass is 287 g/mol. The molecule has 0 unspecified atom stereocenters. The SMILES string of the molecule is Cc1ccc(C(=O)O)c(=O)n1Cc1ccc(C(=O)O)cc1. The van der Waals surface area contributed by atoms with E-state index in [1.165, 1.54) is 22.8 Å². The molecular weight excluding hydrogens is 274 g/mol. The Morgan fingerprint density at radius 1 is 1.00 bits per heavy atom. The summed E-state index contributed by atoms with van der Waals surface area (Å²) in [4.78, 5) is 33.9. The summed E-state index contributed by atoms with van der Waals surface area (Å²) in [6.07, 6.45) is 0. The largest absolute Gasteiger partial charge is 0.478 e. The first-order chi connectivity index (χ1) is 9.90. The maximum atomic E-state index is 12.1. The third-order valence-corrected chi connectivity index (χ3v) is 3.16. The lowest BCUT2D eigenvalue weighted by atomic mass is 10.1. The van der Waals surface area contributed by atoms with Crippen molar-refractivity contribution in [1.82, 2.24) is 4.57 Å². The van der Waals surface area contributed by atoms with Gasteiger partial charge in [0, 0.05) is 5.69 Å². The molecule has 0 radical (unpaired) electrons. The molecule has 0 fully saturated rings. The molecule has 0 spiro atoms. The van der Waals surface area contributed by atoms with Gasteiger partial charge in [-0.25, -0.2) is 9.59 Å². The molecule has 0 saturated heterocycles. The molecular formula is C15H13NO5. The van der Waals surface area contributed by atoms with Crippen molar-refractivity contribution in [2.24, 2.45) is 0 Å². The van der Waals surface area contributed by atoms with E-state index in [1.54, 1.807) is 25.1 Å². The summed E-state index contributed by atoms with van der Waals surface area (Å²) < 4.78 is 1.35. The zero-order chi connectivity index (χ0) is 15.6. The Labute approximate surface area is 119 Å². The summed E-state index contributed by atoms with van der Waals surface area (Å²) >= 11 is 0. The zero-order valence-electron chi connectivity index (χ0n) is 11.2. The maximum Gasteiger partial charge on any atom is 0.341 e. The molecule has 1 aromatic carbocycles. The molecule has 0 atom stereocenters. The van der Waals surface area contributed by atoms with Gasteiger partial charge in [0.15, 0.2) is 0 Å². The standard InChI is InChI=1S/C15H13NO5/c1-9-2-7-12(15(20)21)13(17)16(9)8-10-3-5-11(6-4-10)14(18)19/h2-7H,8H2,1H3,(H,18,19)(H,20,21). The van der Waals surface area contributed by atoms with Crippen LogP contribution >= 0.6 is 0 Å². The third-order valence-electron chi connectivity index (χ3n) is 3.16. The summed E-state index contributed by atoms with van der Waals surface area (Å²) in [7, 11) is 0. The van der Waals surface area contributed by atoms with Gasteiger partial charge in [0.25, 0.3) is 5.56 Å². The van der Waals surface area contributed by atoms with Gasteiger partial charge in [-0.1, -0.05) is 12.1 Å². The summed E-state index contributed by atoms with van der Waals surface area (Å²) in [5.74, 6) is -2.29. The molecule has 1 aromatic heterocycles. The van der Waals surface area contributed by atoms with Crippen molar-refractivity contribution in [1.29, 1.82) is 0 Å². The van der Waals surface area contributed by atoms with Crippen LogP contribution in [0.25, 0.3) is 0 Å².